The minimum absolute atomic E-state index is 0.0805. The van der Waals surface area contributed by atoms with E-state index in [1.807, 2.05) is 0 Å². The second kappa shape index (κ2) is 9.73. The summed E-state index contributed by atoms with van der Waals surface area (Å²) in [6.45, 7) is 0.374. The standard InChI is InChI=1S/C24H23F3N4O5S2/c25-24(26,27)16-2-4-19(21(14-16)31-9-12-37(32,33)13-10-31)18-6-11-36-22-15-17(3-5-20(18)22)38(34,35)30-23-28-7-1-8-29-23/h1-5,7-8,14-15,18H,6,9-13H2,(H,28,29,30). The molecule has 0 amide bonds. The lowest BCUT2D eigenvalue weighted by Crippen LogP contribution is -2.41. The molecule has 0 spiro atoms. The summed E-state index contributed by atoms with van der Waals surface area (Å²) in [6.07, 6.45) is -1.34. The predicted molar refractivity (Wildman–Crippen MR) is 134 cm³/mol. The summed E-state index contributed by atoms with van der Waals surface area (Å²) in [6, 6.07) is 9.37. The van der Waals surface area contributed by atoms with Crippen molar-refractivity contribution in [2.24, 2.45) is 0 Å². The van der Waals surface area contributed by atoms with E-state index in [0.717, 1.165) is 12.1 Å². The van der Waals surface area contributed by atoms with Crippen molar-refractivity contribution in [2.45, 2.75) is 23.4 Å². The van der Waals surface area contributed by atoms with Crippen LogP contribution in [0.15, 0.2) is 59.8 Å². The molecular weight excluding hydrogens is 545 g/mol. The molecule has 5 rings (SSSR count). The van der Waals surface area contributed by atoms with Crippen LogP contribution in [-0.2, 0) is 26.0 Å². The Morgan fingerprint density at radius 3 is 2.37 bits per heavy atom. The van der Waals surface area contributed by atoms with E-state index in [4.69, 9.17) is 4.74 Å². The third-order valence-corrected chi connectivity index (χ3v) is 9.48. The minimum atomic E-state index is -4.57. The highest BCUT2D eigenvalue weighted by atomic mass is 32.2. The normalized spacial score (nSPS) is 19.3. The quantitative estimate of drug-likeness (QED) is 0.497. The molecule has 0 radical (unpaired) electrons. The average molecular weight is 569 g/mol. The minimum Gasteiger partial charge on any atom is -0.493 e. The predicted octanol–water partition coefficient (Wildman–Crippen LogP) is 3.45. The van der Waals surface area contributed by atoms with Crippen molar-refractivity contribution in [3.63, 3.8) is 0 Å². The number of hydrogen-bond acceptors (Lipinski definition) is 8. The van der Waals surface area contributed by atoms with Crippen molar-refractivity contribution in [3.8, 4) is 5.75 Å². The number of halogens is 3. The van der Waals surface area contributed by atoms with Crippen molar-refractivity contribution in [1.82, 2.24) is 9.97 Å². The maximum absolute atomic E-state index is 13.6. The maximum Gasteiger partial charge on any atom is 0.416 e. The van der Waals surface area contributed by atoms with E-state index in [9.17, 15) is 30.0 Å². The first kappa shape index (κ1) is 26.2. The van der Waals surface area contributed by atoms with Gasteiger partial charge in [-0.05, 0) is 36.2 Å². The molecule has 3 aromatic rings. The second-order valence-corrected chi connectivity index (χ2v) is 13.0. The number of benzene rings is 2. The van der Waals surface area contributed by atoms with Gasteiger partial charge in [-0.2, -0.15) is 13.2 Å². The highest BCUT2D eigenvalue weighted by Crippen LogP contribution is 2.44. The number of hydrogen-bond donors (Lipinski definition) is 1. The van der Waals surface area contributed by atoms with Gasteiger partial charge in [0, 0.05) is 48.7 Å². The van der Waals surface area contributed by atoms with Gasteiger partial charge in [0.05, 0.1) is 28.6 Å². The Balaban J connectivity index is 1.52. The van der Waals surface area contributed by atoms with Crippen molar-refractivity contribution in [2.75, 3.05) is 40.8 Å². The molecule has 2 aliphatic heterocycles. The Morgan fingerprint density at radius 1 is 1.00 bits per heavy atom. The Hall–Kier alpha value is -3.39. The van der Waals surface area contributed by atoms with Crippen molar-refractivity contribution in [3.05, 3.63) is 71.5 Å². The van der Waals surface area contributed by atoms with Crippen LogP contribution in [0.3, 0.4) is 0 Å². The number of rotatable bonds is 5. The fourth-order valence-electron chi connectivity index (χ4n) is 4.63. The van der Waals surface area contributed by atoms with Crippen LogP contribution in [0.25, 0.3) is 0 Å². The highest BCUT2D eigenvalue weighted by molar-refractivity contribution is 7.92. The molecule has 1 N–H and O–H groups in total. The number of aromatic nitrogens is 2. The van der Waals surface area contributed by atoms with Gasteiger partial charge < -0.3 is 9.64 Å². The number of sulfonamides is 1. The number of alkyl halides is 3. The number of anilines is 2. The number of nitrogens with zero attached hydrogens (tertiary/aromatic N) is 3. The summed E-state index contributed by atoms with van der Waals surface area (Å²) in [7, 11) is -7.28. The first-order valence-electron chi connectivity index (χ1n) is 11.7. The molecule has 1 atom stereocenters. The van der Waals surface area contributed by atoms with Gasteiger partial charge in [0.2, 0.25) is 5.95 Å². The number of ether oxygens (including phenoxy) is 1. The van der Waals surface area contributed by atoms with Crippen LogP contribution < -0.4 is 14.4 Å². The smallest absolute Gasteiger partial charge is 0.416 e. The highest BCUT2D eigenvalue weighted by Gasteiger charge is 2.35. The van der Waals surface area contributed by atoms with Gasteiger partial charge in [-0.3, -0.25) is 0 Å². The lowest BCUT2D eigenvalue weighted by molar-refractivity contribution is -0.137. The lowest BCUT2D eigenvalue weighted by Gasteiger charge is -2.34. The number of fused-ring (bicyclic) bond motifs is 1. The zero-order chi connectivity index (χ0) is 27.1. The first-order chi connectivity index (χ1) is 17.9. The van der Waals surface area contributed by atoms with Gasteiger partial charge in [0.25, 0.3) is 10.0 Å². The largest absolute Gasteiger partial charge is 0.493 e. The molecule has 202 valence electrons. The van der Waals surface area contributed by atoms with Crippen LogP contribution >= 0.6 is 0 Å². The fraction of sp³-hybridized carbons (Fsp3) is 0.333. The third kappa shape index (κ3) is 5.41. The summed E-state index contributed by atoms with van der Waals surface area (Å²) in [5.74, 6) is -0.484. The van der Waals surface area contributed by atoms with Gasteiger partial charge in [-0.25, -0.2) is 31.5 Å². The number of nitrogens with one attached hydrogen (secondary N) is 1. The topological polar surface area (TPSA) is 119 Å². The fourth-order valence-corrected chi connectivity index (χ4v) is 6.81. The van der Waals surface area contributed by atoms with E-state index in [1.165, 1.54) is 30.6 Å². The van der Waals surface area contributed by atoms with E-state index in [0.29, 0.717) is 29.0 Å². The zero-order valence-corrected chi connectivity index (χ0v) is 21.5. The van der Waals surface area contributed by atoms with Gasteiger partial charge >= 0.3 is 6.18 Å². The molecule has 1 aromatic heterocycles. The molecule has 38 heavy (non-hydrogen) atoms. The Kier molecular flexibility index (Phi) is 6.71. The third-order valence-electron chi connectivity index (χ3n) is 6.54. The van der Waals surface area contributed by atoms with E-state index in [1.54, 1.807) is 17.0 Å². The molecule has 9 nitrogen and oxygen atoms in total. The van der Waals surface area contributed by atoms with Crippen molar-refractivity contribution in [1.29, 1.82) is 0 Å². The summed E-state index contributed by atoms with van der Waals surface area (Å²) >= 11 is 0. The van der Waals surface area contributed by atoms with Crippen LogP contribution in [0.5, 0.6) is 5.75 Å². The van der Waals surface area contributed by atoms with Crippen LogP contribution in [0, 0.1) is 0 Å². The average Bonchev–Trinajstić information content (AvgIpc) is 2.87. The summed E-state index contributed by atoms with van der Waals surface area (Å²) in [5.41, 5.74) is 0.699. The van der Waals surface area contributed by atoms with Crippen molar-refractivity contribution < 1.29 is 34.7 Å². The molecule has 2 aromatic carbocycles. The van der Waals surface area contributed by atoms with Crippen LogP contribution in [0.4, 0.5) is 24.8 Å². The van der Waals surface area contributed by atoms with Gasteiger partial charge in [-0.15, -0.1) is 0 Å². The lowest BCUT2D eigenvalue weighted by atomic mass is 9.85. The molecule has 1 unspecified atom stereocenters. The van der Waals surface area contributed by atoms with E-state index < -0.39 is 37.5 Å². The van der Waals surface area contributed by atoms with Crippen LogP contribution in [-0.4, -0.2) is 58.0 Å². The molecule has 1 saturated heterocycles. The van der Waals surface area contributed by atoms with E-state index >= 15 is 0 Å². The Bertz CT molecular complexity index is 1550. The molecule has 0 bridgehead atoms. The Labute approximate surface area is 217 Å². The molecule has 0 saturated carbocycles. The molecule has 0 aliphatic carbocycles. The van der Waals surface area contributed by atoms with Gasteiger partial charge in [-0.1, -0.05) is 12.1 Å². The van der Waals surface area contributed by atoms with Gasteiger partial charge in [0.1, 0.15) is 5.75 Å². The Morgan fingerprint density at radius 2 is 1.68 bits per heavy atom. The van der Waals surface area contributed by atoms with Crippen molar-refractivity contribution >= 4 is 31.5 Å². The monoisotopic (exact) mass is 568 g/mol. The summed E-state index contributed by atoms with van der Waals surface area (Å²) < 4.78 is 98.4. The summed E-state index contributed by atoms with van der Waals surface area (Å²) in [5, 5.41) is 0. The molecular formula is C24H23F3N4O5S2. The molecule has 1 fully saturated rings. The molecule has 2 aliphatic rings. The van der Waals surface area contributed by atoms with E-state index in [-0.39, 0.29) is 42.0 Å². The van der Waals surface area contributed by atoms with Crippen LogP contribution in [0.1, 0.15) is 29.0 Å². The molecule has 14 heteroatoms. The van der Waals surface area contributed by atoms with Gasteiger partial charge in [0.15, 0.2) is 9.84 Å². The van der Waals surface area contributed by atoms with E-state index in [2.05, 4.69) is 14.7 Å². The summed E-state index contributed by atoms with van der Waals surface area (Å²) in [4.78, 5) is 9.31. The second-order valence-electron chi connectivity index (χ2n) is 8.98. The maximum atomic E-state index is 13.6. The van der Waals surface area contributed by atoms with Crippen LogP contribution in [0.2, 0.25) is 0 Å². The first-order valence-corrected chi connectivity index (χ1v) is 15.0. The zero-order valence-electron chi connectivity index (χ0n) is 19.8. The SMILES string of the molecule is O=S1(=O)CCN(c2cc(C(F)(F)F)ccc2C2CCOc3cc(S(=O)(=O)Nc4ncccn4)ccc32)CC1. The number of sulfone groups is 1. The molecule has 3 heterocycles.